The van der Waals surface area contributed by atoms with Crippen LogP contribution in [0.5, 0.6) is 5.75 Å². The molecule has 3 rings (SSSR count). The summed E-state index contributed by atoms with van der Waals surface area (Å²) in [5, 5.41) is 0. The predicted molar refractivity (Wildman–Crippen MR) is 109 cm³/mol. The van der Waals surface area contributed by atoms with Crippen LogP contribution in [0.15, 0.2) is 48.5 Å². The van der Waals surface area contributed by atoms with Crippen LogP contribution in [0, 0.1) is 23.7 Å². The molecule has 2 aromatic rings. The van der Waals surface area contributed by atoms with Crippen LogP contribution in [0.4, 0.5) is 0 Å². The lowest BCUT2D eigenvalue weighted by atomic mass is 9.80. The van der Waals surface area contributed by atoms with Gasteiger partial charge in [0.1, 0.15) is 5.75 Å². The van der Waals surface area contributed by atoms with Gasteiger partial charge in [0.05, 0.1) is 6.61 Å². The lowest BCUT2D eigenvalue weighted by Crippen LogP contribution is -2.12. The molecule has 26 heavy (non-hydrogen) atoms. The first-order valence-electron chi connectivity index (χ1n) is 10.1. The van der Waals surface area contributed by atoms with E-state index in [1.807, 2.05) is 31.2 Å². The molecule has 2 aromatic carbocycles. The summed E-state index contributed by atoms with van der Waals surface area (Å²) >= 11 is 0. The summed E-state index contributed by atoms with van der Waals surface area (Å²) in [6.07, 6.45) is 8.23. The SMILES string of the molecule is CCOc1ccc(C#Cc2ccc(CC[C@H]3CC[C@H](C)CC3)cc2)cc1. The predicted octanol–water partition coefficient (Wildman–Crippen LogP) is 6.24. The summed E-state index contributed by atoms with van der Waals surface area (Å²) < 4.78 is 5.46. The molecule has 1 fully saturated rings. The Morgan fingerprint density at radius 1 is 0.846 bits per heavy atom. The molecule has 1 aliphatic rings. The van der Waals surface area contributed by atoms with E-state index < -0.39 is 0 Å². The van der Waals surface area contributed by atoms with E-state index in [1.54, 1.807) is 0 Å². The quantitative estimate of drug-likeness (QED) is 0.582. The fourth-order valence-electron chi connectivity index (χ4n) is 3.69. The molecule has 0 amide bonds. The number of hydrogen-bond donors (Lipinski definition) is 0. The van der Waals surface area contributed by atoms with Crippen LogP contribution < -0.4 is 4.74 Å². The summed E-state index contributed by atoms with van der Waals surface area (Å²) in [4.78, 5) is 0. The molecule has 1 nitrogen and oxygen atoms in total. The molecule has 0 aromatic heterocycles. The van der Waals surface area contributed by atoms with Gasteiger partial charge in [-0.25, -0.2) is 0 Å². The number of ether oxygens (including phenoxy) is 1. The summed E-state index contributed by atoms with van der Waals surface area (Å²) in [5.41, 5.74) is 3.54. The van der Waals surface area contributed by atoms with Crippen LogP contribution in [-0.4, -0.2) is 6.61 Å². The van der Waals surface area contributed by atoms with Crippen molar-refractivity contribution in [1.29, 1.82) is 0 Å². The third-order valence-electron chi connectivity index (χ3n) is 5.45. The van der Waals surface area contributed by atoms with Crippen LogP contribution in [0.2, 0.25) is 0 Å². The summed E-state index contributed by atoms with van der Waals surface area (Å²) in [6, 6.07) is 16.8. The van der Waals surface area contributed by atoms with Crippen molar-refractivity contribution < 1.29 is 4.74 Å². The molecular formula is C25H30O. The number of hydrogen-bond acceptors (Lipinski definition) is 1. The molecule has 0 radical (unpaired) electrons. The molecular weight excluding hydrogens is 316 g/mol. The van der Waals surface area contributed by atoms with Crippen LogP contribution in [-0.2, 0) is 6.42 Å². The second-order valence-corrected chi connectivity index (χ2v) is 7.57. The Balaban J connectivity index is 1.51. The maximum atomic E-state index is 5.46. The van der Waals surface area contributed by atoms with Gasteiger partial charge in [0.15, 0.2) is 0 Å². The van der Waals surface area contributed by atoms with E-state index in [0.717, 1.165) is 28.7 Å². The van der Waals surface area contributed by atoms with Gasteiger partial charge in [0.25, 0.3) is 0 Å². The molecule has 0 bridgehead atoms. The van der Waals surface area contributed by atoms with E-state index in [4.69, 9.17) is 4.74 Å². The van der Waals surface area contributed by atoms with Gasteiger partial charge in [-0.2, -0.15) is 0 Å². The van der Waals surface area contributed by atoms with Crippen LogP contribution in [0.1, 0.15) is 62.6 Å². The fourth-order valence-corrected chi connectivity index (χ4v) is 3.69. The zero-order chi connectivity index (χ0) is 18.2. The van der Waals surface area contributed by atoms with Crippen molar-refractivity contribution in [2.75, 3.05) is 6.61 Å². The van der Waals surface area contributed by atoms with E-state index in [9.17, 15) is 0 Å². The third kappa shape index (κ3) is 5.67. The van der Waals surface area contributed by atoms with Crippen molar-refractivity contribution >= 4 is 0 Å². The minimum absolute atomic E-state index is 0.692. The van der Waals surface area contributed by atoms with Gasteiger partial charge < -0.3 is 4.74 Å². The van der Waals surface area contributed by atoms with Gasteiger partial charge in [-0.15, -0.1) is 0 Å². The van der Waals surface area contributed by atoms with Gasteiger partial charge in [-0.05, 0) is 73.6 Å². The average molecular weight is 347 g/mol. The first kappa shape index (κ1) is 18.6. The topological polar surface area (TPSA) is 9.23 Å². The zero-order valence-electron chi connectivity index (χ0n) is 16.1. The van der Waals surface area contributed by atoms with Gasteiger partial charge in [-0.1, -0.05) is 56.6 Å². The maximum absolute atomic E-state index is 5.46. The second-order valence-electron chi connectivity index (χ2n) is 7.57. The van der Waals surface area contributed by atoms with Crippen molar-refractivity contribution in [2.24, 2.45) is 11.8 Å². The summed E-state index contributed by atoms with van der Waals surface area (Å²) in [5.74, 6) is 9.27. The van der Waals surface area contributed by atoms with Gasteiger partial charge in [0, 0.05) is 11.1 Å². The minimum Gasteiger partial charge on any atom is -0.494 e. The van der Waals surface area contributed by atoms with E-state index >= 15 is 0 Å². The lowest BCUT2D eigenvalue weighted by molar-refractivity contribution is 0.278. The molecule has 0 aliphatic heterocycles. The van der Waals surface area contributed by atoms with Crippen LogP contribution in [0.3, 0.4) is 0 Å². The first-order valence-corrected chi connectivity index (χ1v) is 10.1. The van der Waals surface area contributed by atoms with Crippen molar-refractivity contribution in [1.82, 2.24) is 0 Å². The monoisotopic (exact) mass is 346 g/mol. The molecule has 0 saturated heterocycles. The van der Waals surface area contributed by atoms with Crippen molar-refractivity contribution in [3.63, 3.8) is 0 Å². The van der Waals surface area contributed by atoms with E-state index in [1.165, 1.54) is 44.1 Å². The summed E-state index contributed by atoms with van der Waals surface area (Å²) in [6.45, 7) is 5.08. The largest absolute Gasteiger partial charge is 0.494 e. The number of rotatable bonds is 5. The Labute approximate surface area is 158 Å². The Morgan fingerprint density at radius 2 is 1.42 bits per heavy atom. The van der Waals surface area contributed by atoms with Crippen molar-refractivity contribution in [3.05, 3.63) is 65.2 Å². The van der Waals surface area contributed by atoms with Crippen LogP contribution in [0.25, 0.3) is 0 Å². The molecule has 1 saturated carbocycles. The van der Waals surface area contributed by atoms with Crippen LogP contribution >= 0.6 is 0 Å². The molecule has 0 spiro atoms. The average Bonchev–Trinajstić information content (AvgIpc) is 2.68. The highest BCUT2D eigenvalue weighted by Crippen LogP contribution is 2.31. The Morgan fingerprint density at radius 3 is 2.00 bits per heavy atom. The Kier molecular flexibility index (Phi) is 6.78. The van der Waals surface area contributed by atoms with Gasteiger partial charge in [-0.3, -0.25) is 0 Å². The van der Waals surface area contributed by atoms with Crippen molar-refractivity contribution in [3.8, 4) is 17.6 Å². The zero-order valence-corrected chi connectivity index (χ0v) is 16.1. The summed E-state index contributed by atoms with van der Waals surface area (Å²) in [7, 11) is 0. The minimum atomic E-state index is 0.692. The molecule has 0 heterocycles. The first-order chi connectivity index (χ1) is 12.7. The van der Waals surface area contributed by atoms with E-state index in [2.05, 4.69) is 43.0 Å². The highest BCUT2D eigenvalue weighted by Gasteiger charge is 2.17. The molecule has 0 atom stereocenters. The molecule has 0 N–H and O–H groups in total. The highest BCUT2D eigenvalue weighted by molar-refractivity contribution is 5.44. The fraction of sp³-hybridized carbons (Fsp3) is 0.440. The molecule has 1 aliphatic carbocycles. The maximum Gasteiger partial charge on any atom is 0.119 e. The van der Waals surface area contributed by atoms with E-state index in [0.29, 0.717) is 6.61 Å². The normalized spacial score (nSPS) is 19.5. The second kappa shape index (κ2) is 9.48. The van der Waals surface area contributed by atoms with Gasteiger partial charge in [0.2, 0.25) is 0 Å². The lowest BCUT2D eigenvalue weighted by Gasteiger charge is -2.26. The smallest absolute Gasteiger partial charge is 0.119 e. The third-order valence-corrected chi connectivity index (χ3v) is 5.45. The molecule has 1 heteroatoms. The molecule has 136 valence electrons. The highest BCUT2D eigenvalue weighted by atomic mass is 16.5. The standard InChI is InChI=1S/C25H30O/c1-3-26-25-18-16-24(17-19-25)15-14-23-12-10-22(11-13-23)9-8-21-6-4-20(2)5-7-21/h10-13,16-21H,3-9H2,1-2H3/t20-,21-. The van der Waals surface area contributed by atoms with Crippen molar-refractivity contribution in [2.45, 2.75) is 52.4 Å². The Hall–Kier alpha value is -2.20. The molecule has 0 unspecified atom stereocenters. The number of aryl methyl sites for hydroxylation is 1. The van der Waals surface area contributed by atoms with Gasteiger partial charge >= 0.3 is 0 Å². The number of benzene rings is 2. The Bertz CT molecular complexity index is 722. The van der Waals surface area contributed by atoms with E-state index in [-0.39, 0.29) is 0 Å².